The Morgan fingerprint density at radius 1 is 1.03 bits per heavy atom. The molecule has 1 N–H and O–H groups in total. The third kappa shape index (κ3) is 5.34. The van der Waals surface area contributed by atoms with Crippen LogP contribution in [0.4, 0.5) is 5.69 Å². The van der Waals surface area contributed by atoms with Crippen molar-refractivity contribution >= 4 is 39.2 Å². The first-order valence-electron chi connectivity index (χ1n) is 9.29. The van der Waals surface area contributed by atoms with Crippen molar-refractivity contribution < 1.29 is 13.2 Å². The largest absolute Gasteiger partial charge is 0.271 e. The van der Waals surface area contributed by atoms with Crippen LogP contribution in [0.1, 0.15) is 21.6 Å². The summed E-state index contributed by atoms with van der Waals surface area (Å²) in [5.41, 5.74) is 5.62. The second-order valence-corrected chi connectivity index (χ2v) is 9.82. The number of sulfonamides is 1. The number of aryl methyl sites for hydroxylation is 3. The summed E-state index contributed by atoms with van der Waals surface area (Å²) in [5.74, 6) is -0.530. The van der Waals surface area contributed by atoms with Crippen molar-refractivity contribution in [2.75, 3.05) is 10.8 Å². The fourth-order valence-electron chi connectivity index (χ4n) is 2.95. The summed E-state index contributed by atoms with van der Waals surface area (Å²) in [6.07, 6.45) is 1.53. The highest BCUT2D eigenvalue weighted by atomic mass is 32.2. The lowest BCUT2D eigenvalue weighted by Crippen LogP contribution is -2.39. The van der Waals surface area contributed by atoms with Crippen LogP contribution in [0.5, 0.6) is 0 Å². The van der Waals surface area contributed by atoms with E-state index in [1.807, 2.05) is 44.4 Å². The van der Waals surface area contributed by atoms with Gasteiger partial charge in [-0.2, -0.15) is 5.10 Å². The molecule has 1 amide bonds. The van der Waals surface area contributed by atoms with E-state index in [1.54, 1.807) is 36.4 Å². The fourth-order valence-corrected chi connectivity index (χ4v) is 4.94. The molecule has 3 rings (SSSR count). The smallest absolute Gasteiger partial charge is 0.264 e. The Kier molecular flexibility index (Phi) is 6.69. The van der Waals surface area contributed by atoms with Crippen molar-refractivity contribution in [1.29, 1.82) is 0 Å². The quantitative estimate of drug-likeness (QED) is 0.444. The first kappa shape index (κ1) is 21.7. The number of hydrogen-bond acceptors (Lipinski definition) is 5. The van der Waals surface area contributed by atoms with E-state index in [1.165, 1.54) is 17.6 Å². The molecule has 0 bridgehead atoms. The molecular formula is C22H23N3O3S2. The van der Waals surface area contributed by atoms with E-state index < -0.39 is 15.9 Å². The summed E-state index contributed by atoms with van der Waals surface area (Å²) in [7, 11) is -3.95. The predicted octanol–water partition coefficient (Wildman–Crippen LogP) is 4.02. The number of hydrazone groups is 1. The van der Waals surface area contributed by atoms with Gasteiger partial charge in [-0.25, -0.2) is 13.8 Å². The third-order valence-electron chi connectivity index (χ3n) is 4.31. The van der Waals surface area contributed by atoms with Crippen molar-refractivity contribution in [2.45, 2.75) is 25.7 Å². The van der Waals surface area contributed by atoms with Crippen LogP contribution in [0.3, 0.4) is 0 Å². The average Bonchev–Trinajstić information content (AvgIpc) is 3.19. The number of carbonyl (C=O) groups excluding carboxylic acids is 1. The molecule has 0 saturated carbocycles. The minimum absolute atomic E-state index is 0.127. The van der Waals surface area contributed by atoms with Crippen molar-refractivity contribution in [3.63, 3.8) is 0 Å². The number of nitrogens with zero attached hydrogens (tertiary/aromatic N) is 2. The third-order valence-corrected chi connectivity index (χ3v) is 6.91. The number of amides is 1. The van der Waals surface area contributed by atoms with Crippen molar-refractivity contribution in [2.24, 2.45) is 5.10 Å². The number of anilines is 1. The molecule has 0 aliphatic carbocycles. The SMILES string of the molecule is Cc1ccc(S(=O)(=O)N(CC(=O)N/N=C\c2cccs2)c2cc(C)cc(C)c2)cc1. The molecule has 0 saturated heterocycles. The number of benzene rings is 2. The number of thiophene rings is 1. The van der Waals surface area contributed by atoms with Crippen LogP contribution in [0.25, 0.3) is 0 Å². The van der Waals surface area contributed by atoms with Gasteiger partial charge in [-0.1, -0.05) is 29.8 Å². The van der Waals surface area contributed by atoms with E-state index in [9.17, 15) is 13.2 Å². The van der Waals surface area contributed by atoms with Crippen molar-refractivity contribution in [3.8, 4) is 0 Å². The van der Waals surface area contributed by atoms with Crippen LogP contribution in [0.15, 0.2) is 70.0 Å². The van der Waals surface area contributed by atoms with E-state index >= 15 is 0 Å². The Hall–Kier alpha value is -2.97. The van der Waals surface area contributed by atoms with Gasteiger partial charge in [0.25, 0.3) is 15.9 Å². The summed E-state index contributed by atoms with van der Waals surface area (Å²) in [6.45, 7) is 5.27. The Labute approximate surface area is 180 Å². The van der Waals surface area contributed by atoms with E-state index in [0.29, 0.717) is 5.69 Å². The lowest BCUT2D eigenvalue weighted by atomic mass is 10.1. The van der Waals surface area contributed by atoms with Gasteiger partial charge in [0.05, 0.1) is 16.8 Å². The van der Waals surface area contributed by atoms with Gasteiger partial charge in [0, 0.05) is 4.88 Å². The van der Waals surface area contributed by atoms with E-state index in [4.69, 9.17) is 0 Å². The van der Waals surface area contributed by atoms with Gasteiger partial charge >= 0.3 is 0 Å². The molecule has 1 heterocycles. The summed E-state index contributed by atoms with van der Waals surface area (Å²) in [4.78, 5) is 13.5. The molecule has 156 valence electrons. The molecule has 8 heteroatoms. The molecule has 2 aromatic carbocycles. The maximum atomic E-state index is 13.4. The normalized spacial score (nSPS) is 11.6. The second-order valence-electron chi connectivity index (χ2n) is 6.98. The Morgan fingerprint density at radius 3 is 2.30 bits per heavy atom. The topological polar surface area (TPSA) is 78.8 Å². The highest BCUT2D eigenvalue weighted by Crippen LogP contribution is 2.26. The van der Waals surface area contributed by atoms with Gasteiger partial charge in [-0.3, -0.25) is 9.10 Å². The second kappa shape index (κ2) is 9.23. The van der Waals surface area contributed by atoms with Gasteiger partial charge in [-0.15, -0.1) is 11.3 Å². The Morgan fingerprint density at radius 2 is 1.70 bits per heavy atom. The summed E-state index contributed by atoms with van der Waals surface area (Å²) < 4.78 is 27.9. The molecule has 0 unspecified atom stereocenters. The van der Waals surface area contributed by atoms with E-state index in [2.05, 4.69) is 10.5 Å². The molecule has 0 aliphatic heterocycles. The molecule has 0 radical (unpaired) electrons. The first-order chi connectivity index (χ1) is 14.3. The molecule has 1 aromatic heterocycles. The van der Waals surface area contributed by atoms with Crippen molar-refractivity contribution in [1.82, 2.24) is 5.43 Å². The van der Waals surface area contributed by atoms with Crippen LogP contribution < -0.4 is 9.73 Å². The standard InChI is InChI=1S/C22H23N3O3S2/c1-16-6-8-21(9-7-16)30(27,28)25(19-12-17(2)11-18(3)13-19)15-22(26)24-23-14-20-5-4-10-29-20/h4-14H,15H2,1-3H3,(H,24,26)/b23-14-. The summed E-state index contributed by atoms with van der Waals surface area (Å²) in [6, 6.07) is 15.8. The zero-order valence-corrected chi connectivity index (χ0v) is 18.6. The van der Waals surface area contributed by atoms with E-state index in [0.717, 1.165) is 25.9 Å². The summed E-state index contributed by atoms with van der Waals surface area (Å²) >= 11 is 1.48. The number of rotatable bonds is 7. The Bertz CT molecular complexity index is 1130. The first-order valence-corrected chi connectivity index (χ1v) is 11.6. The lowest BCUT2D eigenvalue weighted by molar-refractivity contribution is -0.119. The fraction of sp³-hybridized carbons (Fsp3) is 0.182. The Balaban J connectivity index is 1.91. The van der Waals surface area contributed by atoms with Gasteiger partial charge in [0.1, 0.15) is 6.54 Å². The maximum Gasteiger partial charge on any atom is 0.264 e. The lowest BCUT2D eigenvalue weighted by Gasteiger charge is -2.24. The van der Waals surface area contributed by atoms with Crippen LogP contribution >= 0.6 is 11.3 Å². The van der Waals surface area contributed by atoms with Crippen LogP contribution in [-0.2, 0) is 14.8 Å². The van der Waals surface area contributed by atoms with Crippen LogP contribution in [0.2, 0.25) is 0 Å². The molecule has 30 heavy (non-hydrogen) atoms. The maximum absolute atomic E-state index is 13.4. The van der Waals surface area contributed by atoms with Gasteiger partial charge in [0.2, 0.25) is 0 Å². The molecule has 0 fully saturated rings. The predicted molar refractivity (Wildman–Crippen MR) is 122 cm³/mol. The average molecular weight is 442 g/mol. The molecule has 0 spiro atoms. The molecule has 3 aromatic rings. The van der Waals surface area contributed by atoms with Gasteiger partial charge in [0.15, 0.2) is 0 Å². The highest BCUT2D eigenvalue weighted by Gasteiger charge is 2.27. The number of nitrogens with one attached hydrogen (secondary N) is 1. The van der Waals surface area contributed by atoms with Crippen LogP contribution in [-0.4, -0.2) is 27.1 Å². The highest BCUT2D eigenvalue weighted by molar-refractivity contribution is 7.92. The van der Waals surface area contributed by atoms with Crippen molar-refractivity contribution in [3.05, 3.63) is 81.5 Å². The minimum atomic E-state index is -3.95. The van der Waals surface area contributed by atoms with E-state index in [-0.39, 0.29) is 11.4 Å². The molecule has 0 atom stereocenters. The monoisotopic (exact) mass is 441 g/mol. The van der Waals surface area contributed by atoms with Gasteiger partial charge < -0.3 is 0 Å². The zero-order valence-electron chi connectivity index (χ0n) is 17.0. The summed E-state index contributed by atoms with van der Waals surface area (Å²) in [5, 5.41) is 5.83. The number of carbonyl (C=O) groups is 1. The van der Waals surface area contributed by atoms with Crippen LogP contribution in [0, 0.1) is 20.8 Å². The van der Waals surface area contributed by atoms with Gasteiger partial charge in [-0.05, 0) is 67.6 Å². The minimum Gasteiger partial charge on any atom is -0.271 e. The molecule has 6 nitrogen and oxygen atoms in total. The number of hydrogen-bond donors (Lipinski definition) is 1. The zero-order chi connectivity index (χ0) is 21.7. The molecule has 0 aliphatic rings. The molecular weight excluding hydrogens is 418 g/mol.